The summed E-state index contributed by atoms with van der Waals surface area (Å²) >= 11 is 2.48. The molecular weight excluding hydrogens is 551 g/mol. The van der Waals surface area contributed by atoms with E-state index in [9.17, 15) is 4.79 Å². The van der Waals surface area contributed by atoms with Gasteiger partial charge in [0.2, 0.25) is 0 Å². The van der Waals surface area contributed by atoms with E-state index in [-0.39, 0.29) is 11.9 Å². The molecule has 2 aromatic rings. The van der Waals surface area contributed by atoms with E-state index in [1.807, 2.05) is 32.0 Å². The highest BCUT2D eigenvalue weighted by Crippen LogP contribution is 2.31. The van der Waals surface area contributed by atoms with Crippen LogP contribution in [0.5, 0.6) is 5.75 Å². The van der Waals surface area contributed by atoms with E-state index in [0.29, 0.717) is 15.7 Å². The van der Waals surface area contributed by atoms with Crippen molar-refractivity contribution in [1.29, 1.82) is 0 Å². The normalized spacial score (nSPS) is 17.4. The van der Waals surface area contributed by atoms with Gasteiger partial charge < -0.3 is 15.8 Å². The fraction of sp³-hybridized carbons (Fsp3) is 0.429. The zero-order valence-electron chi connectivity index (χ0n) is 21.3. The summed E-state index contributed by atoms with van der Waals surface area (Å²) < 4.78 is 6.06. The van der Waals surface area contributed by atoms with Crippen LogP contribution in [0.1, 0.15) is 71.3 Å². The Morgan fingerprint density at radius 3 is 2.54 bits per heavy atom. The number of rotatable bonds is 8. The van der Waals surface area contributed by atoms with Gasteiger partial charge in [0.15, 0.2) is 0 Å². The number of carbonyl (C=O) groups is 1. The second kappa shape index (κ2) is 12.5. The van der Waals surface area contributed by atoms with Gasteiger partial charge in [0, 0.05) is 30.6 Å². The molecule has 1 heterocycles. The number of hydrogen-bond acceptors (Lipinski definition) is 5. The Morgan fingerprint density at radius 2 is 1.94 bits per heavy atom. The van der Waals surface area contributed by atoms with Crippen molar-refractivity contribution in [2.24, 2.45) is 10.7 Å². The van der Waals surface area contributed by atoms with Gasteiger partial charge in [0.25, 0.3) is 5.91 Å². The first-order valence-corrected chi connectivity index (χ1v) is 13.3. The molecule has 35 heavy (non-hydrogen) atoms. The minimum Gasteiger partial charge on any atom is -0.497 e. The third kappa shape index (κ3) is 6.85. The van der Waals surface area contributed by atoms with Crippen LogP contribution in [-0.2, 0) is 0 Å². The Labute approximate surface area is 223 Å². The lowest BCUT2D eigenvalue weighted by atomic mass is 9.87. The van der Waals surface area contributed by atoms with E-state index < -0.39 is 0 Å². The third-order valence-electron chi connectivity index (χ3n) is 6.80. The number of amides is 1. The molecule has 0 aromatic heterocycles. The molecule has 6 nitrogen and oxygen atoms in total. The Kier molecular flexibility index (Phi) is 9.74. The van der Waals surface area contributed by atoms with Crippen molar-refractivity contribution in [3.63, 3.8) is 0 Å². The van der Waals surface area contributed by atoms with Crippen LogP contribution < -0.4 is 15.8 Å². The monoisotopic (exact) mass is 588 g/mol. The highest BCUT2D eigenvalue weighted by Gasteiger charge is 2.24. The number of carbonyl (C=O) groups excluding carboxylic acids is 1. The fourth-order valence-electron chi connectivity index (χ4n) is 4.59. The Morgan fingerprint density at radius 1 is 1.23 bits per heavy atom. The number of benzene rings is 2. The lowest BCUT2D eigenvalue weighted by Gasteiger charge is -2.34. The van der Waals surface area contributed by atoms with Gasteiger partial charge in [-0.2, -0.15) is 0 Å². The number of ether oxygens (including phenoxy) is 1. The van der Waals surface area contributed by atoms with Gasteiger partial charge in [-0.25, -0.2) is 0 Å². The molecule has 0 bridgehead atoms. The summed E-state index contributed by atoms with van der Waals surface area (Å²) in [4.78, 5) is 20.0. The van der Waals surface area contributed by atoms with Crippen LogP contribution in [0.2, 0.25) is 0 Å². The van der Waals surface area contributed by atoms with Crippen LogP contribution in [0.15, 0.2) is 47.6 Å². The van der Waals surface area contributed by atoms with Crippen LogP contribution in [0.25, 0.3) is 5.57 Å². The summed E-state index contributed by atoms with van der Waals surface area (Å²) in [5.74, 6) is 1.13. The van der Waals surface area contributed by atoms with Crippen LogP contribution in [0.4, 0.5) is 0 Å². The predicted octanol–water partition coefficient (Wildman–Crippen LogP) is 5.46. The SMILES string of the molecule is CN=CC(=CN)c1cc(OC)cc([C@@H](C)NC(=O)c2cc(C3CCN(C(C)I)CC3)ccc2C)c1. The van der Waals surface area contributed by atoms with E-state index in [4.69, 9.17) is 10.5 Å². The Bertz CT molecular complexity index is 1090. The van der Waals surface area contributed by atoms with Crippen molar-refractivity contribution in [2.75, 3.05) is 27.2 Å². The molecule has 1 unspecified atom stereocenters. The Hall–Kier alpha value is -2.39. The zero-order chi connectivity index (χ0) is 25.5. The molecule has 3 N–H and O–H groups in total. The molecule has 0 aliphatic carbocycles. The lowest BCUT2D eigenvalue weighted by Crippen LogP contribution is -2.36. The third-order valence-corrected chi connectivity index (χ3v) is 7.59. The van der Waals surface area contributed by atoms with E-state index in [2.05, 4.69) is 62.9 Å². The average Bonchev–Trinajstić information content (AvgIpc) is 2.87. The van der Waals surface area contributed by atoms with Gasteiger partial charge in [-0.15, -0.1) is 0 Å². The highest BCUT2D eigenvalue weighted by molar-refractivity contribution is 14.1. The van der Waals surface area contributed by atoms with Crippen LogP contribution >= 0.6 is 22.6 Å². The van der Waals surface area contributed by atoms with Crippen molar-refractivity contribution in [2.45, 2.75) is 49.6 Å². The maximum absolute atomic E-state index is 13.4. The number of aryl methyl sites for hydroxylation is 1. The van der Waals surface area contributed by atoms with E-state index in [1.165, 1.54) is 11.8 Å². The zero-order valence-corrected chi connectivity index (χ0v) is 23.5. The van der Waals surface area contributed by atoms with Crippen LogP contribution in [-0.4, -0.2) is 48.3 Å². The molecule has 2 atom stereocenters. The number of piperidine rings is 1. The van der Waals surface area contributed by atoms with E-state index in [0.717, 1.165) is 53.8 Å². The topological polar surface area (TPSA) is 80.0 Å². The maximum atomic E-state index is 13.4. The summed E-state index contributed by atoms with van der Waals surface area (Å²) in [7, 11) is 3.34. The molecule has 0 radical (unpaired) electrons. The minimum absolute atomic E-state index is 0.0655. The van der Waals surface area contributed by atoms with Crippen molar-refractivity contribution in [1.82, 2.24) is 10.2 Å². The van der Waals surface area contributed by atoms with Crippen molar-refractivity contribution < 1.29 is 9.53 Å². The number of likely N-dealkylation sites (tertiary alicyclic amines) is 1. The molecular formula is C28H37IN4O2. The largest absolute Gasteiger partial charge is 0.497 e. The van der Waals surface area contributed by atoms with Crippen LogP contribution in [0, 0.1) is 6.92 Å². The molecule has 1 fully saturated rings. The summed E-state index contributed by atoms with van der Waals surface area (Å²) in [5, 5.41) is 3.18. The number of nitrogens with one attached hydrogen (secondary N) is 1. The van der Waals surface area contributed by atoms with Gasteiger partial charge in [0.1, 0.15) is 5.75 Å². The average molecular weight is 589 g/mol. The number of alkyl halides is 1. The molecule has 188 valence electrons. The molecule has 0 spiro atoms. The molecule has 1 saturated heterocycles. The first-order chi connectivity index (χ1) is 16.8. The quantitative estimate of drug-likeness (QED) is 0.186. The number of nitrogens with zero attached hydrogens (tertiary/aromatic N) is 2. The number of allylic oxidation sites excluding steroid dienone is 1. The number of aliphatic imine (C=N–C) groups is 1. The molecule has 1 aliphatic rings. The van der Waals surface area contributed by atoms with E-state index in [1.54, 1.807) is 20.4 Å². The summed E-state index contributed by atoms with van der Waals surface area (Å²) in [6.07, 6.45) is 5.48. The summed E-state index contributed by atoms with van der Waals surface area (Å²) in [6.45, 7) is 8.42. The Balaban J connectivity index is 1.79. The van der Waals surface area contributed by atoms with Crippen molar-refractivity contribution in [3.05, 3.63) is 70.4 Å². The molecule has 1 amide bonds. The van der Waals surface area contributed by atoms with Crippen molar-refractivity contribution in [3.8, 4) is 5.75 Å². The second-order valence-electron chi connectivity index (χ2n) is 9.16. The molecule has 7 heteroatoms. The molecule has 2 aromatic carbocycles. The van der Waals surface area contributed by atoms with Gasteiger partial charge in [-0.05, 0) is 99.1 Å². The number of methoxy groups -OCH3 is 1. The summed E-state index contributed by atoms with van der Waals surface area (Å²) in [6, 6.07) is 12.0. The summed E-state index contributed by atoms with van der Waals surface area (Å²) in [5.41, 5.74) is 11.4. The first-order valence-electron chi connectivity index (χ1n) is 12.1. The number of hydrogen-bond donors (Lipinski definition) is 2. The van der Waals surface area contributed by atoms with Gasteiger partial charge in [-0.1, -0.05) is 34.7 Å². The van der Waals surface area contributed by atoms with Crippen LogP contribution in [0.3, 0.4) is 0 Å². The first kappa shape index (κ1) is 27.2. The molecule has 3 rings (SSSR count). The van der Waals surface area contributed by atoms with E-state index >= 15 is 0 Å². The van der Waals surface area contributed by atoms with Gasteiger partial charge in [0.05, 0.1) is 17.2 Å². The molecule has 0 saturated carbocycles. The maximum Gasteiger partial charge on any atom is 0.252 e. The highest BCUT2D eigenvalue weighted by atomic mass is 127. The standard InChI is InChI=1S/C28H37IN4O2/c1-18-6-7-22(21-8-10-33(11-9-21)20(3)29)15-27(18)28(34)32-19(2)23-12-24(14-26(13-23)35-5)25(16-30)17-31-4/h6-7,12-17,19-21H,8-11,30H2,1-5H3,(H,32,34)/t19-,20?/m1/s1. The molecule has 1 aliphatic heterocycles. The number of nitrogens with two attached hydrogens (primary N) is 1. The fourth-order valence-corrected chi connectivity index (χ4v) is 5.15. The van der Waals surface area contributed by atoms with Crippen molar-refractivity contribution >= 4 is 40.3 Å². The van der Waals surface area contributed by atoms with Gasteiger partial charge in [-0.3, -0.25) is 14.7 Å². The minimum atomic E-state index is -0.217. The van der Waals surface area contributed by atoms with Gasteiger partial charge >= 0.3 is 0 Å². The predicted molar refractivity (Wildman–Crippen MR) is 154 cm³/mol. The number of halogens is 1. The smallest absolute Gasteiger partial charge is 0.252 e. The lowest BCUT2D eigenvalue weighted by molar-refractivity contribution is 0.0939. The second-order valence-corrected chi connectivity index (χ2v) is 11.0.